The second-order valence-corrected chi connectivity index (χ2v) is 3.16. The topological polar surface area (TPSA) is 64.1 Å². The van der Waals surface area contributed by atoms with Crippen molar-refractivity contribution in [2.45, 2.75) is 20.1 Å². The molecule has 4 heteroatoms. The Bertz CT molecular complexity index is 462. The van der Waals surface area contributed by atoms with Crippen LogP contribution in [0.4, 0.5) is 5.95 Å². The average molecular weight is 191 g/mol. The van der Waals surface area contributed by atoms with Crippen LogP contribution in [-0.4, -0.2) is 14.7 Å². The van der Waals surface area contributed by atoms with Gasteiger partial charge in [0, 0.05) is 12.1 Å². The van der Waals surface area contributed by atoms with E-state index in [1.807, 2.05) is 29.7 Å². The number of aliphatic hydroxyl groups excluding tert-OH is 1. The highest BCUT2D eigenvalue weighted by atomic mass is 16.3. The second kappa shape index (κ2) is 3.31. The molecule has 0 spiro atoms. The predicted molar refractivity (Wildman–Crippen MR) is 55.7 cm³/mol. The fraction of sp³-hybridized carbons (Fsp3) is 0.300. The molecule has 3 N–H and O–H groups in total. The molecule has 1 aromatic heterocycles. The quantitative estimate of drug-likeness (QED) is 0.748. The van der Waals surface area contributed by atoms with Crippen LogP contribution in [0.5, 0.6) is 0 Å². The fourth-order valence-corrected chi connectivity index (χ4v) is 1.68. The van der Waals surface area contributed by atoms with Crippen LogP contribution >= 0.6 is 0 Å². The first-order valence-corrected chi connectivity index (χ1v) is 4.62. The Kier molecular flexibility index (Phi) is 2.13. The number of aliphatic hydroxyl groups is 1. The molecule has 0 atom stereocenters. The SMILES string of the molecule is CCn1c(N)nc2c(CO)cccc21. The van der Waals surface area contributed by atoms with Crippen molar-refractivity contribution in [3.05, 3.63) is 23.8 Å². The number of nitrogens with two attached hydrogens (primary N) is 1. The smallest absolute Gasteiger partial charge is 0.201 e. The van der Waals surface area contributed by atoms with E-state index in [0.717, 1.165) is 23.1 Å². The van der Waals surface area contributed by atoms with E-state index >= 15 is 0 Å². The normalized spacial score (nSPS) is 11.0. The molecule has 1 heterocycles. The Morgan fingerprint density at radius 2 is 2.29 bits per heavy atom. The van der Waals surface area contributed by atoms with E-state index in [1.54, 1.807) is 0 Å². The number of rotatable bonds is 2. The number of nitrogen functional groups attached to an aromatic ring is 1. The van der Waals surface area contributed by atoms with E-state index in [-0.39, 0.29) is 6.61 Å². The molecule has 4 nitrogen and oxygen atoms in total. The van der Waals surface area contributed by atoms with Crippen molar-refractivity contribution in [2.75, 3.05) is 5.73 Å². The number of hydrogen-bond donors (Lipinski definition) is 2. The monoisotopic (exact) mass is 191 g/mol. The summed E-state index contributed by atoms with van der Waals surface area (Å²) in [6.07, 6.45) is 0. The van der Waals surface area contributed by atoms with Crippen molar-refractivity contribution in [1.82, 2.24) is 9.55 Å². The molecular weight excluding hydrogens is 178 g/mol. The Hall–Kier alpha value is -1.55. The Morgan fingerprint density at radius 1 is 1.50 bits per heavy atom. The highest BCUT2D eigenvalue weighted by molar-refractivity contribution is 5.81. The van der Waals surface area contributed by atoms with E-state index in [9.17, 15) is 0 Å². The Balaban J connectivity index is 2.79. The fourth-order valence-electron chi connectivity index (χ4n) is 1.68. The van der Waals surface area contributed by atoms with Gasteiger partial charge in [0.15, 0.2) is 0 Å². The third-order valence-electron chi connectivity index (χ3n) is 2.38. The zero-order chi connectivity index (χ0) is 10.1. The van der Waals surface area contributed by atoms with Crippen LogP contribution in [0, 0.1) is 0 Å². The summed E-state index contributed by atoms with van der Waals surface area (Å²) < 4.78 is 1.93. The zero-order valence-electron chi connectivity index (χ0n) is 8.07. The van der Waals surface area contributed by atoms with Gasteiger partial charge in [0.1, 0.15) is 0 Å². The molecule has 0 aliphatic heterocycles. The van der Waals surface area contributed by atoms with Crippen LogP contribution in [-0.2, 0) is 13.2 Å². The van der Waals surface area contributed by atoms with Gasteiger partial charge in [-0.15, -0.1) is 0 Å². The first-order valence-electron chi connectivity index (χ1n) is 4.62. The van der Waals surface area contributed by atoms with Crippen molar-refractivity contribution < 1.29 is 5.11 Å². The van der Waals surface area contributed by atoms with Crippen molar-refractivity contribution in [2.24, 2.45) is 0 Å². The number of anilines is 1. The molecule has 2 aromatic rings. The summed E-state index contributed by atoms with van der Waals surface area (Å²) in [5.74, 6) is 0.503. The van der Waals surface area contributed by atoms with E-state index < -0.39 is 0 Å². The average Bonchev–Trinajstić information content (AvgIpc) is 2.52. The number of aryl methyl sites for hydroxylation is 1. The molecule has 0 radical (unpaired) electrons. The summed E-state index contributed by atoms with van der Waals surface area (Å²) in [4.78, 5) is 4.24. The van der Waals surface area contributed by atoms with Crippen LogP contribution in [0.1, 0.15) is 12.5 Å². The number of nitrogens with zero attached hydrogens (tertiary/aromatic N) is 2. The molecule has 0 unspecified atom stereocenters. The lowest BCUT2D eigenvalue weighted by Crippen LogP contribution is -2.00. The van der Waals surface area contributed by atoms with Gasteiger partial charge in [-0.3, -0.25) is 0 Å². The summed E-state index contributed by atoms with van der Waals surface area (Å²) >= 11 is 0. The molecular formula is C10H13N3O. The van der Waals surface area contributed by atoms with Gasteiger partial charge in [-0.2, -0.15) is 0 Å². The second-order valence-electron chi connectivity index (χ2n) is 3.16. The third-order valence-corrected chi connectivity index (χ3v) is 2.38. The molecule has 0 saturated heterocycles. The summed E-state index contributed by atoms with van der Waals surface area (Å²) in [5, 5.41) is 9.12. The first kappa shape index (κ1) is 9.02. The predicted octanol–water partition coefficient (Wildman–Crippen LogP) is 1.13. The minimum atomic E-state index is -0.00247. The van der Waals surface area contributed by atoms with Crippen LogP contribution < -0.4 is 5.73 Å². The number of imidazole rings is 1. The molecule has 2 rings (SSSR count). The van der Waals surface area contributed by atoms with Crippen LogP contribution in [0.3, 0.4) is 0 Å². The number of para-hydroxylation sites is 1. The molecule has 0 aliphatic carbocycles. The molecule has 0 aliphatic rings. The first-order chi connectivity index (χ1) is 6.77. The maximum atomic E-state index is 9.12. The minimum absolute atomic E-state index is 0.00247. The molecule has 0 fully saturated rings. The largest absolute Gasteiger partial charge is 0.392 e. The summed E-state index contributed by atoms with van der Waals surface area (Å²) in [6.45, 7) is 2.80. The molecule has 0 bridgehead atoms. The van der Waals surface area contributed by atoms with Crippen LogP contribution in [0.2, 0.25) is 0 Å². The molecule has 0 amide bonds. The van der Waals surface area contributed by atoms with Crippen molar-refractivity contribution >= 4 is 17.0 Å². The van der Waals surface area contributed by atoms with Crippen molar-refractivity contribution in [3.63, 3.8) is 0 Å². The lowest BCUT2D eigenvalue weighted by Gasteiger charge is -2.01. The maximum absolute atomic E-state index is 9.12. The van der Waals surface area contributed by atoms with Gasteiger partial charge in [-0.25, -0.2) is 4.98 Å². The summed E-state index contributed by atoms with van der Waals surface area (Å²) in [5.41, 5.74) is 8.36. The Labute approximate surface area is 82.0 Å². The van der Waals surface area contributed by atoms with Gasteiger partial charge < -0.3 is 15.4 Å². The zero-order valence-corrected chi connectivity index (χ0v) is 8.07. The van der Waals surface area contributed by atoms with Crippen molar-refractivity contribution in [1.29, 1.82) is 0 Å². The molecule has 1 aromatic carbocycles. The highest BCUT2D eigenvalue weighted by Gasteiger charge is 2.08. The maximum Gasteiger partial charge on any atom is 0.201 e. The van der Waals surface area contributed by atoms with Gasteiger partial charge in [-0.05, 0) is 13.0 Å². The van der Waals surface area contributed by atoms with E-state index in [0.29, 0.717) is 5.95 Å². The third kappa shape index (κ3) is 1.15. The van der Waals surface area contributed by atoms with Gasteiger partial charge >= 0.3 is 0 Å². The Morgan fingerprint density at radius 3 is 2.93 bits per heavy atom. The van der Waals surface area contributed by atoms with Gasteiger partial charge in [-0.1, -0.05) is 12.1 Å². The summed E-state index contributed by atoms with van der Waals surface area (Å²) in [6, 6.07) is 5.72. The standard InChI is InChI=1S/C10H13N3O/c1-2-13-8-5-3-4-7(6-14)9(8)12-10(13)11/h3-5,14H,2,6H2,1H3,(H2,11,12). The highest BCUT2D eigenvalue weighted by Crippen LogP contribution is 2.21. The van der Waals surface area contributed by atoms with Gasteiger partial charge in [0.25, 0.3) is 0 Å². The minimum Gasteiger partial charge on any atom is -0.392 e. The lowest BCUT2D eigenvalue weighted by molar-refractivity contribution is 0.283. The summed E-state index contributed by atoms with van der Waals surface area (Å²) in [7, 11) is 0. The van der Waals surface area contributed by atoms with E-state index in [4.69, 9.17) is 10.8 Å². The van der Waals surface area contributed by atoms with E-state index in [2.05, 4.69) is 4.98 Å². The van der Waals surface area contributed by atoms with E-state index in [1.165, 1.54) is 0 Å². The van der Waals surface area contributed by atoms with Gasteiger partial charge in [0.2, 0.25) is 5.95 Å². The van der Waals surface area contributed by atoms with Gasteiger partial charge in [0.05, 0.1) is 17.6 Å². The number of hydrogen-bond acceptors (Lipinski definition) is 3. The molecule has 0 saturated carbocycles. The number of benzene rings is 1. The number of aromatic nitrogens is 2. The van der Waals surface area contributed by atoms with Crippen LogP contribution in [0.25, 0.3) is 11.0 Å². The lowest BCUT2D eigenvalue weighted by atomic mass is 10.2. The van der Waals surface area contributed by atoms with Crippen LogP contribution in [0.15, 0.2) is 18.2 Å². The molecule has 74 valence electrons. The van der Waals surface area contributed by atoms with Crippen molar-refractivity contribution in [3.8, 4) is 0 Å². The molecule has 14 heavy (non-hydrogen) atoms. The number of fused-ring (bicyclic) bond motifs is 1.